The third-order valence-electron chi connectivity index (χ3n) is 0.909. The average molecular weight is 128 g/mol. The predicted molar refractivity (Wildman–Crippen MR) is 37.0 cm³/mol. The highest BCUT2D eigenvalue weighted by molar-refractivity contribution is 5.71. The maximum absolute atomic E-state index is 10.2. The van der Waals surface area contributed by atoms with Crippen molar-refractivity contribution in [3.05, 3.63) is 12.7 Å². The summed E-state index contributed by atoms with van der Waals surface area (Å²) in [6, 6.07) is -0.385. The Morgan fingerprint density at radius 2 is 2.56 bits per heavy atom. The standard InChI is InChI=1S/C6H12N2O/c1-3-4-5(2)8-6(7)9/h3,5H,1,4H2,2H3,(H3,7,8,9). The van der Waals surface area contributed by atoms with E-state index in [1.807, 2.05) is 6.92 Å². The number of hydrogen-bond acceptors (Lipinski definition) is 1. The summed E-state index contributed by atoms with van der Waals surface area (Å²) in [6.07, 6.45) is 2.49. The van der Waals surface area contributed by atoms with Gasteiger partial charge < -0.3 is 11.1 Å². The molecular weight excluding hydrogens is 116 g/mol. The number of amides is 2. The molecule has 0 saturated heterocycles. The van der Waals surface area contributed by atoms with Gasteiger partial charge in [-0.3, -0.25) is 0 Å². The van der Waals surface area contributed by atoms with E-state index in [1.54, 1.807) is 6.08 Å². The van der Waals surface area contributed by atoms with E-state index in [1.165, 1.54) is 0 Å². The Morgan fingerprint density at radius 1 is 2.00 bits per heavy atom. The summed E-state index contributed by atoms with van der Waals surface area (Å²) in [5, 5.41) is 2.51. The molecule has 2 amide bonds. The number of urea groups is 1. The average Bonchev–Trinajstić information content (AvgIpc) is 1.63. The third-order valence-corrected chi connectivity index (χ3v) is 0.909. The van der Waals surface area contributed by atoms with Crippen molar-refractivity contribution < 1.29 is 4.79 Å². The Morgan fingerprint density at radius 3 is 2.89 bits per heavy atom. The van der Waals surface area contributed by atoms with E-state index in [4.69, 9.17) is 5.73 Å². The first-order valence-electron chi connectivity index (χ1n) is 2.83. The van der Waals surface area contributed by atoms with E-state index >= 15 is 0 Å². The normalized spacial score (nSPS) is 12.1. The zero-order valence-corrected chi connectivity index (χ0v) is 5.55. The zero-order valence-electron chi connectivity index (χ0n) is 5.55. The van der Waals surface area contributed by atoms with Gasteiger partial charge in [0.15, 0.2) is 0 Å². The molecule has 52 valence electrons. The number of hydrogen-bond donors (Lipinski definition) is 2. The Kier molecular flexibility index (Phi) is 3.51. The van der Waals surface area contributed by atoms with Crippen LogP contribution in [0.5, 0.6) is 0 Å². The quantitative estimate of drug-likeness (QED) is 0.538. The lowest BCUT2D eigenvalue weighted by Crippen LogP contribution is -2.36. The summed E-state index contributed by atoms with van der Waals surface area (Å²) in [5.41, 5.74) is 4.84. The van der Waals surface area contributed by atoms with Crippen LogP contribution in [0.1, 0.15) is 13.3 Å². The predicted octanol–water partition coefficient (Wildman–Crippen LogP) is 0.619. The van der Waals surface area contributed by atoms with Gasteiger partial charge in [0.05, 0.1) is 0 Å². The van der Waals surface area contributed by atoms with Gasteiger partial charge >= 0.3 is 6.03 Å². The number of carbonyl (C=O) groups is 1. The van der Waals surface area contributed by atoms with Crippen LogP contribution in [-0.4, -0.2) is 12.1 Å². The zero-order chi connectivity index (χ0) is 7.28. The molecule has 0 bridgehead atoms. The fourth-order valence-electron chi connectivity index (χ4n) is 0.552. The molecule has 1 unspecified atom stereocenters. The molecule has 0 saturated carbocycles. The van der Waals surface area contributed by atoms with Crippen molar-refractivity contribution in [1.29, 1.82) is 0 Å². The Balaban J connectivity index is 3.37. The van der Waals surface area contributed by atoms with Crippen LogP contribution in [-0.2, 0) is 0 Å². The molecule has 0 aliphatic carbocycles. The molecule has 0 aromatic rings. The minimum Gasteiger partial charge on any atom is -0.352 e. The van der Waals surface area contributed by atoms with Gasteiger partial charge in [-0.25, -0.2) is 4.79 Å². The maximum atomic E-state index is 10.2. The van der Waals surface area contributed by atoms with Crippen LogP contribution in [0.2, 0.25) is 0 Å². The van der Waals surface area contributed by atoms with Crippen LogP contribution in [0.15, 0.2) is 12.7 Å². The van der Waals surface area contributed by atoms with Crippen LogP contribution >= 0.6 is 0 Å². The van der Waals surface area contributed by atoms with Crippen molar-refractivity contribution in [2.24, 2.45) is 5.73 Å². The molecule has 0 fully saturated rings. The second-order valence-corrected chi connectivity index (χ2v) is 1.93. The van der Waals surface area contributed by atoms with E-state index in [2.05, 4.69) is 11.9 Å². The lowest BCUT2D eigenvalue weighted by Gasteiger charge is -2.07. The second kappa shape index (κ2) is 3.95. The first kappa shape index (κ1) is 8.01. The molecule has 3 nitrogen and oxygen atoms in total. The summed E-state index contributed by atoms with van der Waals surface area (Å²) in [6.45, 7) is 5.38. The van der Waals surface area contributed by atoms with E-state index in [9.17, 15) is 4.79 Å². The van der Waals surface area contributed by atoms with Crippen molar-refractivity contribution >= 4 is 6.03 Å². The van der Waals surface area contributed by atoms with Crippen molar-refractivity contribution in [1.82, 2.24) is 5.32 Å². The highest BCUT2D eigenvalue weighted by atomic mass is 16.2. The summed E-state index contributed by atoms with van der Waals surface area (Å²) >= 11 is 0. The third kappa shape index (κ3) is 4.87. The van der Waals surface area contributed by atoms with E-state index in [-0.39, 0.29) is 6.04 Å². The van der Waals surface area contributed by atoms with Gasteiger partial charge in [-0.15, -0.1) is 6.58 Å². The molecule has 3 heteroatoms. The minimum absolute atomic E-state index is 0.0972. The number of carbonyl (C=O) groups excluding carboxylic acids is 1. The molecule has 0 aliphatic heterocycles. The molecule has 0 aromatic heterocycles. The van der Waals surface area contributed by atoms with Gasteiger partial charge in [0.2, 0.25) is 0 Å². The van der Waals surface area contributed by atoms with Gasteiger partial charge in [0, 0.05) is 6.04 Å². The maximum Gasteiger partial charge on any atom is 0.312 e. The van der Waals surface area contributed by atoms with Crippen molar-refractivity contribution in [3.8, 4) is 0 Å². The largest absolute Gasteiger partial charge is 0.352 e. The summed E-state index contributed by atoms with van der Waals surface area (Å²) in [7, 11) is 0. The van der Waals surface area contributed by atoms with Crippen LogP contribution < -0.4 is 11.1 Å². The second-order valence-electron chi connectivity index (χ2n) is 1.93. The molecule has 0 heterocycles. The Labute approximate surface area is 54.9 Å². The van der Waals surface area contributed by atoms with Gasteiger partial charge in [-0.1, -0.05) is 6.08 Å². The summed E-state index contributed by atoms with van der Waals surface area (Å²) < 4.78 is 0. The number of nitrogens with two attached hydrogens (primary N) is 1. The highest BCUT2D eigenvalue weighted by Crippen LogP contribution is 1.88. The van der Waals surface area contributed by atoms with Gasteiger partial charge in [0.1, 0.15) is 0 Å². The first-order chi connectivity index (χ1) is 4.16. The fraction of sp³-hybridized carbons (Fsp3) is 0.500. The molecule has 1 atom stereocenters. The van der Waals surface area contributed by atoms with Crippen molar-refractivity contribution in [2.75, 3.05) is 0 Å². The van der Waals surface area contributed by atoms with Crippen LogP contribution in [0, 0.1) is 0 Å². The molecule has 0 rings (SSSR count). The number of primary amides is 1. The monoisotopic (exact) mass is 128 g/mol. The summed E-state index contributed by atoms with van der Waals surface area (Å²) in [5.74, 6) is 0. The topological polar surface area (TPSA) is 55.1 Å². The molecule has 0 aliphatic rings. The molecule has 3 N–H and O–H groups in total. The summed E-state index contributed by atoms with van der Waals surface area (Å²) in [4.78, 5) is 10.2. The molecule has 0 radical (unpaired) electrons. The van der Waals surface area contributed by atoms with Crippen LogP contribution in [0.3, 0.4) is 0 Å². The Bertz CT molecular complexity index is 112. The number of nitrogens with one attached hydrogen (secondary N) is 1. The first-order valence-corrected chi connectivity index (χ1v) is 2.83. The fourth-order valence-corrected chi connectivity index (χ4v) is 0.552. The van der Waals surface area contributed by atoms with Crippen molar-refractivity contribution in [2.45, 2.75) is 19.4 Å². The SMILES string of the molecule is C=CCC(C)NC(N)=O. The van der Waals surface area contributed by atoms with Gasteiger partial charge in [-0.05, 0) is 13.3 Å². The van der Waals surface area contributed by atoms with E-state index in [0.717, 1.165) is 6.42 Å². The minimum atomic E-state index is -0.482. The molecule has 0 aromatic carbocycles. The molecule has 0 spiro atoms. The van der Waals surface area contributed by atoms with Crippen LogP contribution in [0.4, 0.5) is 4.79 Å². The van der Waals surface area contributed by atoms with Gasteiger partial charge in [-0.2, -0.15) is 0 Å². The molecular formula is C6H12N2O. The Hall–Kier alpha value is -0.990. The lowest BCUT2D eigenvalue weighted by molar-refractivity contribution is 0.246. The van der Waals surface area contributed by atoms with E-state index in [0.29, 0.717) is 0 Å². The van der Waals surface area contributed by atoms with Crippen LogP contribution in [0.25, 0.3) is 0 Å². The smallest absolute Gasteiger partial charge is 0.312 e. The highest BCUT2D eigenvalue weighted by Gasteiger charge is 1.98. The number of rotatable bonds is 3. The molecule has 9 heavy (non-hydrogen) atoms. The van der Waals surface area contributed by atoms with Gasteiger partial charge in [0.25, 0.3) is 0 Å². The van der Waals surface area contributed by atoms with E-state index < -0.39 is 6.03 Å². The van der Waals surface area contributed by atoms with Crippen molar-refractivity contribution in [3.63, 3.8) is 0 Å². The lowest BCUT2D eigenvalue weighted by atomic mass is 10.2.